The lowest BCUT2D eigenvalue weighted by Crippen LogP contribution is -2.34. The smallest absolute Gasteiger partial charge is 0.324 e. The molecule has 0 fully saturated rings. The van der Waals surface area contributed by atoms with Crippen molar-refractivity contribution >= 4 is 38.4 Å². The predicted octanol–water partition coefficient (Wildman–Crippen LogP) is 0.977. The van der Waals surface area contributed by atoms with Crippen molar-refractivity contribution in [3.05, 3.63) is 46.0 Å². The van der Waals surface area contributed by atoms with E-state index in [4.69, 9.17) is 5.11 Å². The van der Waals surface area contributed by atoms with E-state index in [1.165, 1.54) is 18.2 Å². The summed E-state index contributed by atoms with van der Waals surface area (Å²) in [7, 11) is -4.34. The highest BCUT2D eigenvalue weighted by Gasteiger charge is 2.44. The second-order valence-electron chi connectivity index (χ2n) is 4.78. The first-order valence-electron chi connectivity index (χ1n) is 6.24. The number of carboxylic acid groups (broad SMARTS) is 1. The summed E-state index contributed by atoms with van der Waals surface area (Å²) < 4.78 is 24.9. The van der Waals surface area contributed by atoms with Crippen LogP contribution in [0.4, 0.5) is 5.69 Å². The third-order valence-electron chi connectivity index (χ3n) is 3.47. The van der Waals surface area contributed by atoms with Gasteiger partial charge in [0.15, 0.2) is 0 Å². The first-order chi connectivity index (χ1) is 10.7. The number of hydrogen-bond donors (Lipinski definition) is 1. The monoisotopic (exact) mass is 336 g/mol. The van der Waals surface area contributed by atoms with Crippen molar-refractivity contribution in [2.45, 2.75) is 4.90 Å². The number of fused-ring (bicyclic) bond motifs is 3. The summed E-state index contributed by atoms with van der Waals surface area (Å²) >= 11 is 0. The van der Waals surface area contributed by atoms with Crippen molar-refractivity contribution < 1.29 is 28.0 Å². The molecule has 1 aliphatic rings. The number of sulfonamides is 1. The van der Waals surface area contributed by atoms with Gasteiger partial charge in [-0.15, -0.1) is 0 Å². The molecule has 0 aromatic heterocycles. The highest BCUT2D eigenvalue weighted by molar-refractivity contribution is 7.90. The summed E-state index contributed by atoms with van der Waals surface area (Å²) in [5.41, 5.74) is -0.781. The predicted molar refractivity (Wildman–Crippen MR) is 76.5 cm³/mol. The van der Waals surface area contributed by atoms with Crippen LogP contribution in [0.2, 0.25) is 0 Å². The first-order valence-corrected chi connectivity index (χ1v) is 7.68. The van der Waals surface area contributed by atoms with Crippen molar-refractivity contribution in [3.63, 3.8) is 0 Å². The topological polar surface area (TPSA) is 135 Å². The zero-order chi connectivity index (χ0) is 16.9. The van der Waals surface area contributed by atoms with Gasteiger partial charge in [-0.2, -0.15) is 0 Å². The summed E-state index contributed by atoms with van der Waals surface area (Å²) in [6.07, 6.45) is 0. The van der Waals surface area contributed by atoms with Gasteiger partial charge >= 0.3 is 5.97 Å². The van der Waals surface area contributed by atoms with Gasteiger partial charge in [0.2, 0.25) is 0 Å². The molecule has 1 aliphatic heterocycles. The van der Waals surface area contributed by atoms with Gasteiger partial charge < -0.3 is 5.11 Å². The van der Waals surface area contributed by atoms with Crippen molar-refractivity contribution in [2.75, 3.05) is 6.54 Å². The SMILES string of the molecule is O=C(O)CN1C(=O)c2c(ccc3cccc([N+](=O)[O-])c23)S1(=O)=O. The minimum atomic E-state index is -4.34. The number of hydrogen-bond acceptors (Lipinski definition) is 6. The Morgan fingerprint density at radius 1 is 1.26 bits per heavy atom. The molecule has 118 valence electrons. The van der Waals surface area contributed by atoms with E-state index < -0.39 is 44.0 Å². The van der Waals surface area contributed by atoms with E-state index in [0.717, 1.165) is 12.1 Å². The number of carbonyl (C=O) groups excluding carboxylic acids is 1. The quantitative estimate of drug-likeness (QED) is 0.652. The molecule has 3 rings (SSSR count). The summed E-state index contributed by atoms with van der Waals surface area (Å²) in [6, 6.07) is 6.56. The van der Waals surface area contributed by atoms with Crippen LogP contribution in [-0.4, -0.2) is 41.2 Å². The maximum atomic E-state index is 12.4. The summed E-state index contributed by atoms with van der Waals surface area (Å²) in [6.45, 7) is -1.04. The van der Waals surface area contributed by atoms with E-state index in [1.807, 2.05) is 0 Å². The lowest BCUT2D eigenvalue weighted by Gasteiger charge is -2.11. The van der Waals surface area contributed by atoms with E-state index in [-0.39, 0.29) is 15.3 Å². The molecule has 0 aliphatic carbocycles. The highest BCUT2D eigenvalue weighted by Crippen LogP contribution is 2.39. The summed E-state index contributed by atoms with van der Waals surface area (Å²) in [5.74, 6) is -2.59. The van der Waals surface area contributed by atoms with Crippen LogP contribution < -0.4 is 0 Å². The first kappa shape index (κ1) is 14.9. The number of nitro groups is 1. The minimum Gasteiger partial charge on any atom is -0.480 e. The zero-order valence-corrected chi connectivity index (χ0v) is 12.1. The molecule has 2 aromatic carbocycles. The van der Waals surface area contributed by atoms with Crippen LogP contribution in [0.25, 0.3) is 10.8 Å². The Balaban J connectivity index is 2.41. The number of carboxylic acids is 1. The molecule has 10 heteroatoms. The molecule has 0 atom stereocenters. The average Bonchev–Trinajstić information content (AvgIpc) is 2.67. The van der Waals surface area contributed by atoms with Crippen molar-refractivity contribution in [2.24, 2.45) is 0 Å². The van der Waals surface area contributed by atoms with Gasteiger partial charge in [-0.25, -0.2) is 12.7 Å². The summed E-state index contributed by atoms with van der Waals surface area (Å²) in [4.78, 5) is 33.2. The standard InChI is InChI=1S/C13H8N2O7S/c16-10(17)6-14-13(18)12-9(23(14,21)22)5-4-7-2-1-3-8(11(7)12)15(19)20/h1-5H,6H2,(H,16,17). The van der Waals surface area contributed by atoms with Crippen LogP contribution in [-0.2, 0) is 14.8 Å². The van der Waals surface area contributed by atoms with Crippen LogP contribution in [0.5, 0.6) is 0 Å². The number of carbonyl (C=O) groups is 2. The molecule has 1 N–H and O–H groups in total. The van der Waals surface area contributed by atoms with E-state index >= 15 is 0 Å². The van der Waals surface area contributed by atoms with E-state index in [9.17, 15) is 28.1 Å². The molecule has 0 spiro atoms. The molecule has 0 unspecified atom stereocenters. The number of rotatable bonds is 3. The van der Waals surface area contributed by atoms with E-state index in [1.54, 1.807) is 0 Å². The third-order valence-corrected chi connectivity index (χ3v) is 5.24. The molecule has 2 aromatic rings. The lowest BCUT2D eigenvalue weighted by molar-refractivity contribution is -0.383. The number of aliphatic carboxylic acids is 1. The molecule has 0 saturated carbocycles. The Kier molecular flexibility index (Phi) is 3.08. The number of nitrogens with zero attached hydrogens (tertiary/aromatic N) is 2. The van der Waals surface area contributed by atoms with Gasteiger partial charge in [0.25, 0.3) is 21.6 Å². The maximum absolute atomic E-state index is 12.4. The third kappa shape index (κ3) is 2.03. The molecule has 0 saturated heterocycles. The van der Waals surface area contributed by atoms with Crippen LogP contribution in [0.1, 0.15) is 10.4 Å². The van der Waals surface area contributed by atoms with Gasteiger partial charge in [0.05, 0.1) is 15.9 Å². The van der Waals surface area contributed by atoms with Crippen LogP contribution in [0, 0.1) is 10.1 Å². The second-order valence-corrected chi connectivity index (χ2v) is 6.61. The van der Waals surface area contributed by atoms with Crippen LogP contribution in [0.3, 0.4) is 0 Å². The van der Waals surface area contributed by atoms with Gasteiger partial charge in [-0.05, 0) is 11.5 Å². The molecule has 0 radical (unpaired) electrons. The lowest BCUT2D eigenvalue weighted by atomic mass is 10.0. The fraction of sp³-hybridized carbons (Fsp3) is 0.0769. The van der Waals surface area contributed by atoms with Crippen molar-refractivity contribution in [3.8, 4) is 0 Å². The zero-order valence-electron chi connectivity index (χ0n) is 11.3. The Hall–Kier alpha value is -3.01. The number of nitro benzene ring substituents is 1. The van der Waals surface area contributed by atoms with E-state index in [0.29, 0.717) is 5.39 Å². The molecule has 23 heavy (non-hydrogen) atoms. The fourth-order valence-electron chi connectivity index (χ4n) is 2.55. The molecular weight excluding hydrogens is 328 g/mol. The van der Waals surface area contributed by atoms with Gasteiger partial charge in [0, 0.05) is 6.07 Å². The molecule has 1 amide bonds. The van der Waals surface area contributed by atoms with Gasteiger partial charge in [-0.1, -0.05) is 18.2 Å². The molecule has 1 heterocycles. The Bertz CT molecular complexity index is 997. The Morgan fingerprint density at radius 2 is 1.96 bits per heavy atom. The van der Waals surface area contributed by atoms with Crippen molar-refractivity contribution in [1.82, 2.24) is 4.31 Å². The number of amides is 1. The maximum Gasteiger partial charge on any atom is 0.324 e. The van der Waals surface area contributed by atoms with Crippen LogP contribution in [0.15, 0.2) is 35.2 Å². The number of non-ortho nitro benzene ring substituents is 1. The fourth-order valence-corrected chi connectivity index (χ4v) is 4.07. The Morgan fingerprint density at radius 3 is 2.57 bits per heavy atom. The molecular formula is C13H8N2O7S. The Labute approximate surface area is 128 Å². The van der Waals surface area contributed by atoms with Gasteiger partial charge in [-0.3, -0.25) is 19.7 Å². The number of benzene rings is 2. The minimum absolute atomic E-state index is 0.114. The normalized spacial score (nSPS) is 15.7. The van der Waals surface area contributed by atoms with Gasteiger partial charge in [0.1, 0.15) is 11.4 Å². The molecule has 0 bridgehead atoms. The summed E-state index contributed by atoms with van der Waals surface area (Å²) in [5, 5.41) is 20.2. The van der Waals surface area contributed by atoms with E-state index in [2.05, 4.69) is 0 Å². The average molecular weight is 336 g/mol. The van der Waals surface area contributed by atoms with Crippen molar-refractivity contribution in [1.29, 1.82) is 0 Å². The second kappa shape index (κ2) is 4.74. The largest absolute Gasteiger partial charge is 0.480 e. The highest BCUT2D eigenvalue weighted by atomic mass is 32.2. The van der Waals surface area contributed by atoms with Crippen LogP contribution >= 0.6 is 0 Å². The molecule has 9 nitrogen and oxygen atoms in total.